The summed E-state index contributed by atoms with van der Waals surface area (Å²) in [5.74, 6) is -1.97. The maximum absolute atomic E-state index is 12.1. The van der Waals surface area contributed by atoms with Crippen LogP contribution in [0.1, 0.15) is 12.6 Å². The van der Waals surface area contributed by atoms with Crippen molar-refractivity contribution in [3.05, 3.63) is 35.3 Å². The fourth-order valence-corrected chi connectivity index (χ4v) is 2.66. The Labute approximate surface area is 144 Å². The molecule has 1 atom stereocenters. The highest BCUT2D eigenvalue weighted by atomic mass is 32.1. The summed E-state index contributed by atoms with van der Waals surface area (Å²) in [5.41, 5.74) is 1.01. The molecule has 0 radical (unpaired) electrons. The third-order valence-corrected chi connectivity index (χ3v) is 3.92. The molecule has 10 heteroatoms. The number of rotatable bonds is 6. The van der Waals surface area contributed by atoms with Crippen LogP contribution in [0, 0.1) is 0 Å². The molecule has 0 unspecified atom stereocenters. The second kappa shape index (κ2) is 7.51. The van der Waals surface area contributed by atoms with E-state index in [4.69, 9.17) is 5.11 Å². The van der Waals surface area contributed by atoms with Gasteiger partial charge in [0.2, 0.25) is 5.91 Å². The second-order valence-electron chi connectivity index (χ2n) is 5.02. The van der Waals surface area contributed by atoms with E-state index in [1.165, 1.54) is 42.5 Å². The predicted octanol–water partition coefficient (Wildman–Crippen LogP) is 2.84. The first-order chi connectivity index (χ1) is 11.6. The van der Waals surface area contributed by atoms with Gasteiger partial charge in [-0.3, -0.25) is 9.59 Å². The molecule has 1 aromatic carbocycles. The fourth-order valence-electron chi connectivity index (χ4n) is 1.84. The molecular weight excluding hydrogens is 361 g/mol. The zero-order chi connectivity index (χ0) is 18.6. The maximum atomic E-state index is 12.1. The Hall–Kier alpha value is -2.62. The number of nitrogens with zero attached hydrogens (tertiary/aromatic N) is 1. The van der Waals surface area contributed by atoms with Crippen molar-refractivity contribution < 1.29 is 32.6 Å². The topological polar surface area (TPSA) is 88.5 Å². The first kappa shape index (κ1) is 18.7. The molecular formula is C15H13F3N2O4S. The number of ether oxygens (including phenoxy) is 1. The number of carbonyl (C=O) groups excluding carboxylic acids is 1. The van der Waals surface area contributed by atoms with Crippen molar-refractivity contribution in [2.24, 2.45) is 0 Å². The quantitative estimate of drug-likeness (QED) is 0.812. The van der Waals surface area contributed by atoms with Crippen LogP contribution >= 0.6 is 11.3 Å². The van der Waals surface area contributed by atoms with Crippen LogP contribution in [0.3, 0.4) is 0 Å². The summed E-state index contributed by atoms with van der Waals surface area (Å²) in [7, 11) is 0. The summed E-state index contributed by atoms with van der Waals surface area (Å²) < 4.78 is 40.2. The number of halogens is 3. The van der Waals surface area contributed by atoms with E-state index in [0.29, 0.717) is 16.3 Å². The van der Waals surface area contributed by atoms with E-state index in [9.17, 15) is 22.8 Å². The monoisotopic (exact) mass is 374 g/mol. The van der Waals surface area contributed by atoms with Crippen molar-refractivity contribution in [3.8, 4) is 16.3 Å². The van der Waals surface area contributed by atoms with Crippen molar-refractivity contribution >= 4 is 23.2 Å². The highest BCUT2D eigenvalue weighted by molar-refractivity contribution is 7.13. The number of alkyl halides is 3. The molecule has 0 saturated heterocycles. The van der Waals surface area contributed by atoms with Gasteiger partial charge < -0.3 is 15.2 Å². The van der Waals surface area contributed by atoms with Gasteiger partial charge in [-0.2, -0.15) is 0 Å². The lowest BCUT2D eigenvalue weighted by atomic mass is 10.2. The van der Waals surface area contributed by atoms with Gasteiger partial charge in [0.05, 0.1) is 12.1 Å². The molecule has 2 N–H and O–H groups in total. The smallest absolute Gasteiger partial charge is 0.480 e. The van der Waals surface area contributed by atoms with Gasteiger partial charge in [0.1, 0.15) is 16.8 Å². The third kappa shape index (κ3) is 5.75. The number of amides is 1. The normalized spacial score (nSPS) is 12.5. The summed E-state index contributed by atoms with van der Waals surface area (Å²) in [6.07, 6.45) is -4.85. The minimum Gasteiger partial charge on any atom is -0.480 e. The Morgan fingerprint density at radius 2 is 1.96 bits per heavy atom. The van der Waals surface area contributed by atoms with Crippen molar-refractivity contribution in [2.75, 3.05) is 0 Å². The van der Waals surface area contributed by atoms with Crippen LogP contribution in [0.25, 0.3) is 10.6 Å². The van der Waals surface area contributed by atoms with Gasteiger partial charge in [0, 0.05) is 10.9 Å². The zero-order valence-corrected chi connectivity index (χ0v) is 13.6. The van der Waals surface area contributed by atoms with E-state index in [2.05, 4.69) is 15.0 Å². The van der Waals surface area contributed by atoms with Gasteiger partial charge in [0.15, 0.2) is 0 Å². The molecule has 6 nitrogen and oxygen atoms in total. The Balaban J connectivity index is 2.01. The molecule has 0 fully saturated rings. The molecule has 0 spiro atoms. The number of hydrogen-bond acceptors (Lipinski definition) is 5. The number of aromatic nitrogens is 1. The zero-order valence-electron chi connectivity index (χ0n) is 12.8. The molecule has 1 amide bonds. The molecule has 25 heavy (non-hydrogen) atoms. The summed E-state index contributed by atoms with van der Waals surface area (Å²) in [6.45, 7) is 1.34. The van der Waals surface area contributed by atoms with Crippen molar-refractivity contribution in [1.82, 2.24) is 10.3 Å². The number of benzene rings is 1. The number of thiazole rings is 1. The molecule has 0 bridgehead atoms. The Bertz CT molecular complexity index is 759. The molecule has 0 aliphatic heterocycles. The minimum atomic E-state index is -4.75. The largest absolute Gasteiger partial charge is 0.573 e. The maximum Gasteiger partial charge on any atom is 0.573 e. The molecule has 134 valence electrons. The van der Waals surface area contributed by atoms with Crippen molar-refractivity contribution in [3.63, 3.8) is 0 Å². The Kier molecular flexibility index (Phi) is 5.62. The van der Waals surface area contributed by atoms with Crippen molar-refractivity contribution in [2.45, 2.75) is 25.7 Å². The molecule has 1 heterocycles. The predicted molar refractivity (Wildman–Crippen MR) is 83.2 cm³/mol. The number of hydrogen-bond donors (Lipinski definition) is 2. The molecule has 2 aromatic rings. The number of aliphatic carboxylic acids is 1. The van der Waals surface area contributed by atoms with Gasteiger partial charge in [-0.25, -0.2) is 4.98 Å². The number of carboxylic acid groups (broad SMARTS) is 1. The lowest BCUT2D eigenvalue weighted by molar-refractivity contribution is -0.274. The van der Waals surface area contributed by atoms with Gasteiger partial charge in [-0.15, -0.1) is 24.5 Å². The molecule has 0 aliphatic carbocycles. The van der Waals surface area contributed by atoms with Crippen LogP contribution in [-0.2, 0) is 16.0 Å². The summed E-state index contributed by atoms with van der Waals surface area (Å²) in [6, 6.07) is 4.19. The van der Waals surface area contributed by atoms with Crippen LogP contribution in [0.15, 0.2) is 29.6 Å². The van der Waals surface area contributed by atoms with Crippen LogP contribution in [0.4, 0.5) is 13.2 Å². The van der Waals surface area contributed by atoms with E-state index in [1.54, 1.807) is 5.38 Å². The van der Waals surface area contributed by atoms with Crippen molar-refractivity contribution in [1.29, 1.82) is 0 Å². The van der Waals surface area contributed by atoms with Crippen LogP contribution in [0.5, 0.6) is 5.75 Å². The molecule has 2 rings (SSSR count). The molecule has 0 aliphatic rings. The van der Waals surface area contributed by atoms with Crippen LogP contribution in [-0.4, -0.2) is 34.4 Å². The van der Waals surface area contributed by atoms with Gasteiger partial charge in [-0.1, -0.05) is 0 Å². The number of carboxylic acids is 1. The first-order valence-electron chi connectivity index (χ1n) is 6.97. The molecule has 1 aromatic heterocycles. The SMILES string of the molecule is C[C@H](NC(=O)Cc1csc(-c2ccc(OC(F)(F)F)cc2)n1)C(=O)O. The van der Waals surface area contributed by atoms with E-state index in [-0.39, 0.29) is 12.2 Å². The third-order valence-electron chi connectivity index (χ3n) is 2.98. The van der Waals surface area contributed by atoms with Gasteiger partial charge in [0.25, 0.3) is 0 Å². The minimum absolute atomic E-state index is 0.0939. The van der Waals surface area contributed by atoms with E-state index >= 15 is 0 Å². The average Bonchev–Trinajstić information content (AvgIpc) is 2.94. The van der Waals surface area contributed by atoms with Crippen LogP contribution < -0.4 is 10.1 Å². The highest BCUT2D eigenvalue weighted by Crippen LogP contribution is 2.28. The first-order valence-corrected chi connectivity index (χ1v) is 7.85. The van der Waals surface area contributed by atoms with Gasteiger partial charge in [-0.05, 0) is 31.2 Å². The highest BCUT2D eigenvalue weighted by Gasteiger charge is 2.31. The average molecular weight is 374 g/mol. The Morgan fingerprint density at radius 1 is 1.32 bits per heavy atom. The van der Waals surface area contributed by atoms with E-state index in [0.717, 1.165) is 0 Å². The lowest BCUT2D eigenvalue weighted by Gasteiger charge is -2.08. The van der Waals surface area contributed by atoms with E-state index in [1.807, 2.05) is 0 Å². The van der Waals surface area contributed by atoms with Gasteiger partial charge >= 0.3 is 12.3 Å². The number of carbonyl (C=O) groups is 2. The second-order valence-corrected chi connectivity index (χ2v) is 5.88. The summed E-state index contributed by atoms with van der Waals surface area (Å²) >= 11 is 1.22. The number of nitrogens with one attached hydrogen (secondary N) is 1. The fraction of sp³-hybridized carbons (Fsp3) is 0.267. The standard InChI is InChI=1S/C15H13F3N2O4S/c1-8(14(22)23)19-12(21)6-10-7-25-13(20-10)9-2-4-11(5-3-9)24-15(16,17)18/h2-5,7-8H,6H2,1H3,(H,19,21)(H,22,23)/t8-/m0/s1. The molecule has 0 saturated carbocycles. The summed E-state index contributed by atoms with van der Waals surface area (Å²) in [5, 5.41) is 13.2. The lowest BCUT2D eigenvalue weighted by Crippen LogP contribution is -2.39. The van der Waals surface area contributed by atoms with Crippen LogP contribution in [0.2, 0.25) is 0 Å². The summed E-state index contributed by atoms with van der Waals surface area (Å²) in [4.78, 5) is 26.6. The van der Waals surface area contributed by atoms with E-state index < -0.39 is 24.3 Å². The Morgan fingerprint density at radius 3 is 2.52 bits per heavy atom.